The van der Waals surface area contributed by atoms with Crippen molar-refractivity contribution in [2.24, 2.45) is 5.41 Å². The SMILES string of the molecule is CC1=CCC(C)(C(=O)N(C)Cc2ccc(OCC(=O)O)cc2)CC1. The Bertz CT molecular complexity index is 635. The highest BCUT2D eigenvalue weighted by Gasteiger charge is 2.35. The predicted octanol–water partition coefficient (Wildman–Crippen LogP) is 3.24. The Morgan fingerprint density at radius 3 is 2.50 bits per heavy atom. The number of carboxylic acid groups (broad SMARTS) is 1. The van der Waals surface area contributed by atoms with E-state index in [2.05, 4.69) is 13.0 Å². The first-order chi connectivity index (χ1) is 11.3. The van der Waals surface area contributed by atoms with Crippen LogP contribution in [0.3, 0.4) is 0 Å². The van der Waals surface area contributed by atoms with Crippen LogP contribution >= 0.6 is 0 Å². The minimum Gasteiger partial charge on any atom is -0.482 e. The molecule has 5 nitrogen and oxygen atoms in total. The average molecular weight is 331 g/mol. The Labute approximate surface area is 142 Å². The highest BCUT2D eigenvalue weighted by Crippen LogP contribution is 2.36. The first kappa shape index (κ1) is 18.0. The Morgan fingerprint density at radius 1 is 1.29 bits per heavy atom. The maximum atomic E-state index is 12.8. The summed E-state index contributed by atoms with van der Waals surface area (Å²) in [6, 6.07) is 7.17. The van der Waals surface area contributed by atoms with Crippen molar-refractivity contribution in [2.75, 3.05) is 13.7 Å². The molecule has 0 saturated heterocycles. The molecule has 1 aliphatic rings. The number of benzene rings is 1. The van der Waals surface area contributed by atoms with Crippen LogP contribution in [0.5, 0.6) is 5.75 Å². The number of hydrogen-bond donors (Lipinski definition) is 1. The highest BCUT2D eigenvalue weighted by molar-refractivity contribution is 5.82. The summed E-state index contributed by atoms with van der Waals surface area (Å²) in [5.41, 5.74) is 2.03. The van der Waals surface area contributed by atoms with Gasteiger partial charge in [0.1, 0.15) is 5.75 Å². The fourth-order valence-corrected chi connectivity index (χ4v) is 2.91. The molecule has 1 unspecified atom stereocenters. The predicted molar refractivity (Wildman–Crippen MR) is 91.8 cm³/mol. The Kier molecular flexibility index (Phi) is 5.65. The van der Waals surface area contributed by atoms with E-state index in [4.69, 9.17) is 9.84 Å². The number of hydrogen-bond acceptors (Lipinski definition) is 3. The zero-order chi connectivity index (χ0) is 17.7. The van der Waals surface area contributed by atoms with E-state index in [9.17, 15) is 9.59 Å². The van der Waals surface area contributed by atoms with Gasteiger partial charge >= 0.3 is 5.97 Å². The van der Waals surface area contributed by atoms with Crippen LogP contribution in [0.15, 0.2) is 35.9 Å². The molecule has 0 bridgehead atoms. The Hall–Kier alpha value is -2.30. The van der Waals surface area contributed by atoms with E-state index >= 15 is 0 Å². The highest BCUT2D eigenvalue weighted by atomic mass is 16.5. The Balaban J connectivity index is 1.95. The molecule has 2 rings (SSSR count). The van der Waals surface area contributed by atoms with E-state index < -0.39 is 5.97 Å². The second-order valence-electron chi connectivity index (χ2n) is 6.80. The molecular formula is C19H25NO4. The maximum absolute atomic E-state index is 12.8. The van der Waals surface area contributed by atoms with Crippen LogP contribution in [0.2, 0.25) is 0 Å². The van der Waals surface area contributed by atoms with Crippen molar-refractivity contribution in [3.8, 4) is 5.75 Å². The van der Waals surface area contributed by atoms with Gasteiger partial charge in [0, 0.05) is 13.6 Å². The molecule has 0 heterocycles. The van der Waals surface area contributed by atoms with Gasteiger partial charge in [-0.2, -0.15) is 0 Å². The van der Waals surface area contributed by atoms with E-state index in [0.717, 1.165) is 24.8 Å². The topological polar surface area (TPSA) is 66.8 Å². The summed E-state index contributed by atoms with van der Waals surface area (Å²) < 4.78 is 5.11. The lowest BCUT2D eigenvalue weighted by Crippen LogP contribution is -2.40. The van der Waals surface area contributed by atoms with Crippen LogP contribution in [0.25, 0.3) is 0 Å². The second-order valence-corrected chi connectivity index (χ2v) is 6.80. The zero-order valence-electron chi connectivity index (χ0n) is 14.5. The number of aliphatic carboxylic acids is 1. The molecule has 1 aromatic carbocycles. The van der Waals surface area contributed by atoms with Gasteiger partial charge in [-0.1, -0.05) is 30.7 Å². The van der Waals surface area contributed by atoms with Gasteiger partial charge in [-0.05, 0) is 43.9 Å². The molecule has 1 aromatic rings. The van der Waals surface area contributed by atoms with E-state index in [1.54, 1.807) is 17.0 Å². The number of carboxylic acids is 1. The molecule has 130 valence electrons. The molecule has 1 atom stereocenters. The number of rotatable bonds is 6. The first-order valence-corrected chi connectivity index (χ1v) is 8.15. The molecule has 1 aliphatic carbocycles. The number of carbonyl (C=O) groups is 2. The van der Waals surface area contributed by atoms with Gasteiger partial charge in [0.2, 0.25) is 5.91 Å². The number of allylic oxidation sites excluding steroid dienone is 2. The summed E-state index contributed by atoms with van der Waals surface area (Å²) >= 11 is 0. The van der Waals surface area contributed by atoms with Gasteiger partial charge in [-0.15, -0.1) is 0 Å². The summed E-state index contributed by atoms with van der Waals surface area (Å²) in [5.74, 6) is -0.332. The molecule has 0 radical (unpaired) electrons. The van der Waals surface area contributed by atoms with Crippen molar-refractivity contribution in [3.05, 3.63) is 41.5 Å². The molecular weight excluding hydrogens is 306 g/mol. The van der Waals surface area contributed by atoms with Crippen molar-refractivity contribution >= 4 is 11.9 Å². The van der Waals surface area contributed by atoms with Gasteiger partial charge in [0.25, 0.3) is 0 Å². The fourth-order valence-electron chi connectivity index (χ4n) is 2.91. The number of ether oxygens (including phenoxy) is 1. The van der Waals surface area contributed by atoms with Crippen molar-refractivity contribution < 1.29 is 19.4 Å². The van der Waals surface area contributed by atoms with Crippen LogP contribution < -0.4 is 4.74 Å². The molecule has 1 N–H and O–H groups in total. The fraction of sp³-hybridized carbons (Fsp3) is 0.474. The quantitative estimate of drug-likeness (QED) is 0.813. The van der Waals surface area contributed by atoms with Gasteiger partial charge in [-0.3, -0.25) is 4.79 Å². The summed E-state index contributed by atoms with van der Waals surface area (Å²) in [6.45, 7) is 4.32. The van der Waals surface area contributed by atoms with Gasteiger partial charge < -0.3 is 14.7 Å². The van der Waals surface area contributed by atoms with Crippen molar-refractivity contribution in [1.82, 2.24) is 4.90 Å². The molecule has 0 aliphatic heterocycles. The monoisotopic (exact) mass is 331 g/mol. The minimum atomic E-state index is -1.01. The average Bonchev–Trinajstić information content (AvgIpc) is 2.56. The van der Waals surface area contributed by atoms with Crippen molar-refractivity contribution in [2.45, 2.75) is 39.7 Å². The number of amides is 1. The minimum absolute atomic E-state index is 0.164. The second kappa shape index (κ2) is 7.51. The van der Waals surface area contributed by atoms with Gasteiger partial charge in [0.05, 0.1) is 5.41 Å². The third-order valence-corrected chi connectivity index (χ3v) is 4.54. The lowest BCUT2D eigenvalue weighted by molar-refractivity contribution is -0.141. The summed E-state index contributed by atoms with van der Waals surface area (Å²) in [6.07, 6.45) is 4.83. The molecule has 5 heteroatoms. The standard InChI is InChI=1S/C19H25NO4/c1-14-8-10-19(2,11-9-14)18(23)20(3)12-15-4-6-16(7-5-15)24-13-17(21)22/h4-8H,9-13H2,1-3H3,(H,21,22). The molecule has 0 fully saturated rings. The molecule has 24 heavy (non-hydrogen) atoms. The summed E-state index contributed by atoms with van der Waals surface area (Å²) in [7, 11) is 1.83. The third kappa shape index (κ3) is 4.60. The smallest absolute Gasteiger partial charge is 0.341 e. The first-order valence-electron chi connectivity index (χ1n) is 8.15. The van der Waals surface area contributed by atoms with Crippen molar-refractivity contribution in [3.63, 3.8) is 0 Å². The van der Waals surface area contributed by atoms with Crippen LogP contribution in [0.1, 0.15) is 38.7 Å². The van der Waals surface area contributed by atoms with Crippen LogP contribution in [-0.4, -0.2) is 35.5 Å². The zero-order valence-corrected chi connectivity index (χ0v) is 14.5. The van der Waals surface area contributed by atoms with Crippen LogP contribution in [0.4, 0.5) is 0 Å². The molecule has 1 amide bonds. The summed E-state index contributed by atoms with van der Waals surface area (Å²) in [4.78, 5) is 25.0. The maximum Gasteiger partial charge on any atom is 0.341 e. The van der Waals surface area contributed by atoms with E-state index in [1.807, 2.05) is 26.1 Å². The lowest BCUT2D eigenvalue weighted by atomic mass is 9.75. The largest absolute Gasteiger partial charge is 0.482 e. The molecule has 0 aromatic heterocycles. The molecule has 0 saturated carbocycles. The number of carbonyl (C=O) groups excluding carboxylic acids is 1. The lowest BCUT2D eigenvalue weighted by Gasteiger charge is -2.34. The summed E-state index contributed by atoms with van der Waals surface area (Å²) in [5, 5.41) is 8.60. The number of nitrogens with zero attached hydrogens (tertiary/aromatic N) is 1. The van der Waals surface area contributed by atoms with Gasteiger partial charge in [0.15, 0.2) is 6.61 Å². The van der Waals surface area contributed by atoms with Crippen LogP contribution in [-0.2, 0) is 16.1 Å². The third-order valence-electron chi connectivity index (χ3n) is 4.54. The van der Waals surface area contributed by atoms with E-state index in [1.165, 1.54) is 5.57 Å². The Morgan fingerprint density at radius 2 is 1.96 bits per heavy atom. The molecule has 0 spiro atoms. The van der Waals surface area contributed by atoms with Crippen LogP contribution in [0, 0.1) is 5.41 Å². The normalized spacial score (nSPS) is 20.2. The van der Waals surface area contributed by atoms with E-state index in [-0.39, 0.29) is 17.9 Å². The van der Waals surface area contributed by atoms with Crippen molar-refractivity contribution in [1.29, 1.82) is 0 Å². The van der Waals surface area contributed by atoms with Gasteiger partial charge in [-0.25, -0.2) is 4.79 Å². The van der Waals surface area contributed by atoms with E-state index in [0.29, 0.717) is 12.3 Å².